The Morgan fingerprint density at radius 3 is 2.46 bits per heavy atom. The SMILES string of the molecule is N#C/C=C/Sc1ccc(C2(C(=O)NCc3ccc(Cl)cc3)CCC2)cc1. The predicted molar refractivity (Wildman–Crippen MR) is 106 cm³/mol. The first-order valence-corrected chi connectivity index (χ1v) is 9.74. The Labute approximate surface area is 163 Å². The second-order valence-electron chi connectivity index (χ2n) is 6.32. The number of nitrogens with one attached hydrogen (secondary N) is 1. The van der Waals surface area contributed by atoms with Crippen LogP contribution in [0.1, 0.15) is 30.4 Å². The van der Waals surface area contributed by atoms with Crippen molar-refractivity contribution in [3.8, 4) is 6.07 Å². The van der Waals surface area contributed by atoms with Crippen molar-refractivity contribution >= 4 is 29.3 Å². The molecule has 0 radical (unpaired) electrons. The first-order valence-electron chi connectivity index (χ1n) is 8.49. The van der Waals surface area contributed by atoms with E-state index in [0.717, 1.165) is 35.3 Å². The molecule has 1 aliphatic rings. The number of amides is 1. The molecule has 3 rings (SSSR count). The maximum absolute atomic E-state index is 12.9. The fourth-order valence-corrected chi connectivity index (χ4v) is 3.83. The number of nitriles is 1. The van der Waals surface area contributed by atoms with Crippen LogP contribution in [0.2, 0.25) is 5.02 Å². The summed E-state index contributed by atoms with van der Waals surface area (Å²) < 4.78 is 0. The second kappa shape index (κ2) is 8.44. The average molecular weight is 383 g/mol. The van der Waals surface area contributed by atoms with Gasteiger partial charge in [-0.05, 0) is 53.6 Å². The minimum atomic E-state index is -0.419. The van der Waals surface area contributed by atoms with E-state index in [0.29, 0.717) is 11.6 Å². The minimum absolute atomic E-state index is 0.0866. The third-order valence-electron chi connectivity index (χ3n) is 4.76. The Balaban J connectivity index is 1.67. The standard InChI is InChI=1S/C21H19ClN2OS/c22-18-7-3-16(4-8-18)15-24-20(25)21(11-1-12-21)17-5-9-19(10-6-17)26-14-2-13-23/h2-10,14H,1,11-12,15H2,(H,24,25)/b14-2+. The molecule has 0 aromatic heterocycles. The van der Waals surface area contributed by atoms with E-state index in [1.807, 2.05) is 54.6 Å². The van der Waals surface area contributed by atoms with Gasteiger partial charge in [0.25, 0.3) is 0 Å². The van der Waals surface area contributed by atoms with Crippen LogP contribution in [0.4, 0.5) is 0 Å². The summed E-state index contributed by atoms with van der Waals surface area (Å²) in [5, 5.41) is 14.1. The van der Waals surface area contributed by atoms with Gasteiger partial charge >= 0.3 is 0 Å². The zero-order valence-electron chi connectivity index (χ0n) is 14.2. The van der Waals surface area contributed by atoms with E-state index in [1.165, 1.54) is 17.8 Å². The van der Waals surface area contributed by atoms with Crippen molar-refractivity contribution in [1.29, 1.82) is 5.26 Å². The number of carbonyl (C=O) groups is 1. The highest BCUT2D eigenvalue weighted by Gasteiger charge is 2.45. The van der Waals surface area contributed by atoms with Crippen molar-refractivity contribution in [2.24, 2.45) is 0 Å². The molecule has 0 aliphatic heterocycles. The van der Waals surface area contributed by atoms with Crippen LogP contribution < -0.4 is 5.32 Å². The highest BCUT2D eigenvalue weighted by Crippen LogP contribution is 2.44. The van der Waals surface area contributed by atoms with Gasteiger partial charge in [0.05, 0.1) is 11.5 Å². The van der Waals surface area contributed by atoms with E-state index in [1.54, 1.807) is 5.41 Å². The average Bonchev–Trinajstić information content (AvgIpc) is 2.62. The third kappa shape index (κ3) is 4.12. The van der Waals surface area contributed by atoms with Gasteiger partial charge < -0.3 is 5.32 Å². The molecule has 0 spiro atoms. The molecule has 0 atom stereocenters. The molecule has 1 aliphatic carbocycles. The number of nitrogens with zero attached hydrogens (tertiary/aromatic N) is 1. The van der Waals surface area contributed by atoms with Gasteiger partial charge in [-0.25, -0.2) is 0 Å². The van der Waals surface area contributed by atoms with Crippen molar-refractivity contribution in [1.82, 2.24) is 5.32 Å². The number of hydrogen-bond acceptors (Lipinski definition) is 3. The van der Waals surface area contributed by atoms with E-state index in [2.05, 4.69) is 5.32 Å². The van der Waals surface area contributed by atoms with Gasteiger partial charge in [-0.1, -0.05) is 54.0 Å². The van der Waals surface area contributed by atoms with E-state index < -0.39 is 5.41 Å². The molecule has 1 fully saturated rings. The molecule has 2 aromatic rings. The summed E-state index contributed by atoms with van der Waals surface area (Å²) in [6.45, 7) is 0.505. The number of hydrogen-bond donors (Lipinski definition) is 1. The third-order valence-corrected chi connectivity index (χ3v) is 5.83. The molecule has 5 heteroatoms. The summed E-state index contributed by atoms with van der Waals surface area (Å²) in [5.74, 6) is 0.0866. The Morgan fingerprint density at radius 2 is 1.88 bits per heavy atom. The highest BCUT2D eigenvalue weighted by molar-refractivity contribution is 8.02. The van der Waals surface area contributed by atoms with Crippen molar-refractivity contribution in [3.63, 3.8) is 0 Å². The minimum Gasteiger partial charge on any atom is -0.351 e. The highest BCUT2D eigenvalue weighted by atomic mass is 35.5. The van der Waals surface area contributed by atoms with Gasteiger partial charge in [0, 0.05) is 22.5 Å². The van der Waals surface area contributed by atoms with Gasteiger partial charge in [-0.2, -0.15) is 5.26 Å². The molecule has 1 N–H and O–H groups in total. The van der Waals surface area contributed by atoms with E-state index >= 15 is 0 Å². The normalized spacial score (nSPS) is 15.2. The number of rotatable bonds is 6. The number of halogens is 1. The lowest BCUT2D eigenvalue weighted by Gasteiger charge is -2.40. The fourth-order valence-electron chi connectivity index (χ4n) is 3.13. The Morgan fingerprint density at radius 1 is 1.19 bits per heavy atom. The summed E-state index contributed by atoms with van der Waals surface area (Å²) in [6.07, 6.45) is 4.27. The number of benzene rings is 2. The van der Waals surface area contributed by atoms with E-state index in [-0.39, 0.29) is 5.91 Å². The molecule has 1 saturated carbocycles. The molecule has 1 amide bonds. The molecular weight excluding hydrogens is 364 g/mol. The predicted octanol–water partition coefficient (Wildman–Crippen LogP) is 5.21. The maximum Gasteiger partial charge on any atom is 0.230 e. The van der Waals surface area contributed by atoms with Crippen molar-refractivity contribution in [3.05, 3.63) is 76.2 Å². The maximum atomic E-state index is 12.9. The summed E-state index contributed by atoms with van der Waals surface area (Å²) in [5.41, 5.74) is 1.68. The lowest BCUT2D eigenvalue weighted by atomic mass is 9.64. The van der Waals surface area contributed by atoms with Crippen LogP contribution in [0.3, 0.4) is 0 Å². The second-order valence-corrected chi connectivity index (χ2v) is 7.73. The Hall–Kier alpha value is -2.22. The number of allylic oxidation sites excluding steroid dienone is 1. The molecule has 0 heterocycles. The molecule has 0 saturated heterocycles. The molecule has 0 unspecified atom stereocenters. The van der Waals surface area contributed by atoms with Crippen LogP contribution in [0.5, 0.6) is 0 Å². The molecule has 26 heavy (non-hydrogen) atoms. The van der Waals surface area contributed by atoms with Gasteiger partial charge in [-0.3, -0.25) is 4.79 Å². The lowest BCUT2D eigenvalue weighted by Crippen LogP contribution is -2.48. The summed E-state index contributed by atoms with van der Waals surface area (Å²) >= 11 is 7.39. The topological polar surface area (TPSA) is 52.9 Å². The van der Waals surface area contributed by atoms with Crippen molar-refractivity contribution in [2.45, 2.75) is 36.1 Å². The quantitative estimate of drug-likeness (QED) is 0.551. The van der Waals surface area contributed by atoms with Crippen LogP contribution in [-0.2, 0) is 16.8 Å². The summed E-state index contributed by atoms with van der Waals surface area (Å²) in [4.78, 5) is 13.9. The first kappa shape index (κ1) is 18.6. The Kier molecular flexibility index (Phi) is 6.03. The largest absolute Gasteiger partial charge is 0.351 e. The monoisotopic (exact) mass is 382 g/mol. The zero-order chi connectivity index (χ0) is 18.4. The molecule has 3 nitrogen and oxygen atoms in total. The molecule has 0 bridgehead atoms. The fraction of sp³-hybridized carbons (Fsp3) is 0.238. The summed E-state index contributed by atoms with van der Waals surface area (Å²) in [7, 11) is 0. The molecule has 132 valence electrons. The van der Waals surface area contributed by atoms with Gasteiger partial charge in [-0.15, -0.1) is 0 Å². The van der Waals surface area contributed by atoms with Crippen LogP contribution >= 0.6 is 23.4 Å². The van der Waals surface area contributed by atoms with Crippen LogP contribution in [0.25, 0.3) is 0 Å². The van der Waals surface area contributed by atoms with Crippen molar-refractivity contribution in [2.75, 3.05) is 0 Å². The van der Waals surface area contributed by atoms with Crippen LogP contribution in [0, 0.1) is 11.3 Å². The van der Waals surface area contributed by atoms with Gasteiger partial charge in [0.1, 0.15) is 0 Å². The number of carbonyl (C=O) groups excluding carboxylic acids is 1. The van der Waals surface area contributed by atoms with Gasteiger partial charge in [0.2, 0.25) is 5.91 Å². The van der Waals surface area contributed by atoms with E-state index in [4.69, 9.17) is 16.9 Å². The Bertz CT molecular complexity index is 834. The number of thioether (sulfide) groups is 1. The van der Waals surface area contributed by atoms with Crippen LogP contribution in [-0.4, -0.2) is 5.91 Å². The molecule has 2 aromatic carbocycles. The zero-order valence-corrected chi connectivity index (χ0v) is 15.8. The summed E-state index contributed by atoms with van der Waals surface area (Å²) in [6, 6.07) is 17.6. The molecular formula is C21H19ClN2OS. The first-order chi connectivity index (χ1) is 12.6. The van der Waals surface area contributed by atoms with Gasteiger partial charge in [0.15, 0.2) is 0 Å². The lowest BCUT2D eigenvalue weighted by molar-refractivity contribution is -0.130. The smallest absolute Gasteiger partial charge is 0.230 e. The van der Waals surface area contributed by atoms with Crippen molar-refractivity contribution < 1.29 is 4.79 Å². The van der Waals surface area contributed by atoms with Crippen LogP contribution in [0.15, 0.2) is 64.9 Å². The van der Waals surface area contributed by atoms with E-state index in [9.17, 15) is 4.79 Å².